The van der Waals surface area contributed by atoms with E-state index in [1.165, 1.54) is 6.07 Å². The number of benzene rings is 2. The van der Waals surface area contributed by atoms with Crippen LogP contribution in [-0.4, -0.2) is 73.8 Å². The normalized spacial score (nSPS) is 15.5. The van der Waals surface area contributed by atoms with Gasteiger partial charge in [-0.05, 0) is 42.0 Å². The molecule has 0 spiro atoms. The first-order valence-electron chi connectivity index (χ1n) is 11.5. The predicted molar refractivity (Wildman–Crippen MR) is 135 cm³/mol. The van der Waals surface area contributed by atoms with E-state index in [0.717, 1.165) is 25.0 Å². The van der Waals surface area contributed by atoms with E-state index >= 15 is 0 Å². The molecule has 180 valence electrons. The number of aromatic nitrogens is 3. The molecule has 0 saturated carbocycles. The van der Waals surface area contributed by atoms with E-state index in [9.17, 15) is 13.7 Å². The van der Waals surface area contributed by atoms with Crippen molar-refractivity contribution in [3.63, 3.8) is 0 Å². The van der Waals surface area contributed by atoms with Gasteiger partial charge in [-0.3, -0.25) is 9.36 Å². The number of piperazine rings is 1. The molecule has 1 unspecified atom stereocenters. The van der Waals surface area contributed by atoms with Gasteiger partial charge in [0.05, 0.1) is 17.1 Å². The number of nitrogens with zero attached hydrogens (tertiary/aromatic N) is 5. The lowest BCUT2D eigenvalue weighted by atomic mass is 10.1. The summed E-state index contributed by atoms with van der Waals surface area (Å²) < 4.78 is 28.4. The second-order valence-corrected chi connectivity index (χ2v) is 9.88. The van der Waals surface area contributed by atoms with E-state index in [1.807, 2.05) is 17.0 Å². The highest BCUT2D eigenvalue weighted by Gasteiger charge is 2.24. The number of rotatable bonds is 5. The van der Waals surface area contributed by atoms with E-state index < -0.39 is 11.2 Å². The van der Waals surface area contributed by atoms with Gasteiger partial charge in [0.15, 0.2) is 4.90 Å². The van der Waals surface area contributed by atoms with Crippen LogP contribution in [0.4, 0.5) is 4.39 Å². The number of halogens is 1. The van der Waals surface area contributed by atoms with Crippen LogP contribution in [0.5, 0.6) is 0 Å². The van der Waals surface area contributed by atoms with E-state index in [2.05, 4.69) is 21.8 Å². The van der Waals surface area contributed by atoms with Crippen molar-refractivity contribution in [1.82, 2.24) is 24.3 Å². The minimum atomic E-state index is -1.25. The second-order valence-electron chi connectivity index (χ2n) is 8.53. The molecule has 2 aromatic carbocycles. The highest BCUT2D eigenvalue weighted by atomic mass is 32.2. The Morgan fingerprint density at radius 1 is 1.09 bits per heavy atom. The van der Waals surface area contributed by atoms with Gasteiger partial charge < -0.3 is 14.4 Å². The molecule has 5 rings (SSSR count). The monoisotopic (exact) mass is 491 g/mol. The van der Waals surface area contributed by atoms with Crippen LogP contribution in [0, 0.1) is 5.82 Å². The van der Waals surface area contributed by atoms with Crippen molar-refractivity contribution in [3.8, 4) is 17.1 Å². The summed E-state index contributed by atoms with van der Waals surface area (Å²) in [7, 11) is 0. The molecule has 1 aliphatic rings. The molecular formula is C26H26FN5O2S. The summed E-state index contributed by atoms with van der Waals surface area (Å²) in [6.07, 6.45) is 6.50. The van der Waals surface area contributed by atoms with Crippen LogP contribution in [0.2, 0.25) is 0 Å². The van der Waals surface area contributed by atoms with Crippen LogP contribution in [0.25, 0.3) is 28.0 Å². The molecule has 0 aliphatic carbocycles. The molecule has 3 heterocycles. The molecule has 0 N–H and O–H groups in total. The fourth-order valence-corrected chi connectivity index (χ4v) is 5.19. The van der Waals surface area contributed by atoms with Gasteiger partial charge in [0.1, 0.15) is 12.1 Å². The van der Waals surface area contributed by atoms with Gasteiger partial charge in [-0.2, -0.15) is 0 Å². The van der Waals surface area contributed by atoms with Gasteiger partial charge in [-0.25, -0.2) is 14.4 Å². The van der Waals surface area contributed by atoms with Gasteiger partial charge in [0.25, 0.3) is 5.91 Å². The van der Waals surface area contributed by atoms with Crippen molar-refractivity contribution in [3.05, 3.63) is 72.4 Å². The summed E-state index contributed by atoms with van der Waals surface area (Å²) in [4.78, 5) is 27.0. The Kier molecular flexibility index (Phi) is 6.55. The Balaban J connectivity index is 1.51. The quantitative estimate of drug-likeness (QED) is 0.398. The summed E-state index contributed by atoms with van der Waals surface area (Å²) in [5, 5.41) is 0.778. The van der Waals surface area contributed by atoms with E-state index in [0.29, 0.717) is 46.1 Å². The van der Waals surface area contributed by atoms with Gasteiger partial charge in [0, 0.05) is 55.3 Å². The SMILES string of the molecule is CCN1CCN(C(=O)c2ccc3c([S+](C)[O-])cn(-c4ncc(-c5ccccc5F)cn4)c3c2)CC1. The molecule has 9 heteroatoms. The molecule has 4 aromatic rings. The van der Waals surface area contributed by atoms with E-state index in [1.54, 1.807) is 53.7 Å². The molecule has 35 heavy (non-hydrogen) atoms. The lowest BCUT2D eigenvalue weighted by Crippen LogP contribution is -2.48. The van der Waals surface area contributed by atoms with Crippen molar-refractivity contribution in [2.45, 2.75) is 11.8 Å². The minimum absolute atomic E-state index is 0.0228. The van der Waals surface area contributed by atoms with Crippen LogP contribution in [0.15, 0.2) is 66.0 Å². The third kappa shape index (κ3) is 4.54. The highest BCUT2D eigenvalue weighted by Crippen LogP contribution is 2.29. The Labute approximate surface area is 206 Å². The molecule has 1 aliphatic heterocycles. The smallest absolute Gasteiger partial charge is 0.254 e. The third-order valence-corrected chi connectivity index (χ3v) is 7.42. The largest absolute Gasteiger partial charge is 0.612 e. The maximum atomic E-state index is 14.2. The maximum absolute atomic E-state index is 14.2. The zero-order valence-electron chi connectivity index (χ0n) is 19.6. The van der Waals surface area contributed by atoms with Gasteiger partial charge >= 0.3 is 0 Å². The molecule has 0 bridgehead atoms. The number of fused-ring (bicyclic) bond motifs is 1. The van der Waals surface area contributed by atoms with Crippen LogP contribution in [0.3, 0.4) is 0 Å². The first kappa shape index (κ1) is 23.5. The van der Waals surface area contributed by atoms with Gasteiger partial charge in [-0.15, -0.1) is 0 Å². The van der Waals surface area contributed by atoms with E-state index in [4.69, 9.17) is 0 Å². The number of carbonyl (C=O) groups is 1. The molecule has 1 saturated heterocycles. The van der Waals surface area contributed by atoms with E-state index in [-0.39, 0.29) is 11.7 Å². The topological polar surface area (TPSA) is 77.3 Å². The van der Waals surface area contributed by atoms with Gasteiger partial charge in [-0.1, -0.05) is 25.1 Å². The van der Waals surface area contributed by atoms with Crippen molar-refractivity contribution >= 4 is 28.0 Å². The summed E-state index contributed by atoms with van der Waals surface area (Å²) in [5.74, 6) is -0.0137. The fourth-order valence-electron chi connectivity index (χ4n) is 4.45. The van der Waals surface area contributed by atoms with Crippen LogP contribution >= 0.6 is 0 Å². The van der Waals surface area contributed by atoms with Gasteiger partial charge in [0.2, 0.25) is 5.95 Å². The van der Waals surface area contributed by atoms with Crippen LogP contribution in [0.1, 0.15) is 17.3 Å². The standard InChI is InChI=1S/C26H26FN5O2S/c1-3-30-10-12-31(13-11-30)25(33)18-8-9-21-23(14-18)32(17-24(21)35(2)34)26-28-15-19(16-29-26)20-6-4-5-7-22(20)27/h4-9,14-17H,3,10-13H2,1-2H3. The van der Waals surface area contributed by atoms with Crippen molar-refractivity contribution in [1.29, 1.82) is 0 Å². The third-order valence-electron chi connectivity index (χ3n) is 6.47. The molecule has 7 nitrogen and oxygen atoms in total. The number of hydrogen-bond acceptors (Lipinski definition) is 5. The number of likely N-dealkylation sites (N-methyl/N-ethyl adjacent to an activating group) is 1. The molecule has 1 atom stereocenters. The van der Waals surface area contributed by atoms with Crippen molar-refractivity contribution in [2.24, 2.45) is 0 Å². The van der Waals surface area contributed by atoms with Crippen molar-refractivity contribution < 1.29 is 13.7 Å². The molecule has 2 aromatic heterocycles. The number of amides is 1. The zero-order chi connectivity index (χ0) is 24.5. The minimum Gasteiger partial charge on any atom is -0.612 e. The predicted octanol–water partition coefficient (Wildman–Crippen LogP) is 3.74. The average Bonchev–Trinajstić information content (AvgIpc) is 3.28. The summed E-state index contributed by atoms with van der Waals surface area (Å²) in [6, 6.07) is 11.9. The number of hydrogen-bond donors (Lipinski definition) is 0. The van der Waals surface area contributed by atoms with Crippen LogP contribution in [-0.2, 0) is 11.2 Å². The summed E-state index contributed by atoms with van der Waals surface area (Å²) >= 11 is -1.25. The molecule has 0 radical (unpaired) electrons. The lowest BCUT2D eigenvalue weighted by Gasteiger charge is -2.34. The second kappa shape index (κ2) is 9.77. The molecule has 1 fully saturated rings. The average molecular weight is 492 g/mol. The highest BCUT2D eigenvalue weighted by molar-refractivity contribution is 7.91. The number of carbonyl (C=O) groups excluding carboxylic acids is 1. The Morgan fingerprint density at radius 2 is 1.80 bits per heavy atom. The van der Waals surface area contributed by atoms with Crippen LogP contribution < -0.4 is 0 Å². The zero-order valence-corrected chi connectivity index (χ0v) is 20.5. The molecule has 1 amide bonds. The Bertz CT molecular complexity index is 1360. The summed E-state index contributed by atoms with van der Waals surface area (Å²) in [6.45, 7) is 6.21. The Hall–Kier alpha value is -3.27. The molecular weight excluding hydrogens is 465 g/mol. The summed E-state index contributed by atoms with van der Waals surface area (Å²) in [5.41, 5.74) is 2.25. The first-order valence-corrected chi connectivity index (χ1v) is 13.1. The first-order chi connectivity index (χ1) is 17.0. The fraction of sp³-hybridized carbons (Fsp3) is 0.269. The lowest BCUT2D eigenvalue weighted by molar-refractivity contribution is 0.0643. The Morgan fingerprint density at radius 3 is 2.46 bits per heavy atom. The maximum Gasteiger partial charge on any atom is 0.254 e. The van der Waals surface area contributed by atoms with Crippen molar-refractivity contribution in [2.75, 3.05) is 39.0 Å².